The van der Waals surface area contributed by atoms with E-state index in [1.165, 1.54) is 6.92 Å². The highest BCUT2D eigenvalue weighted by Crippen LogP contribution is 2.31. The first-order valence-electron chi connectivity index (χ1n) is 10.0. The predicted molar refractivity (Wildman–Crippen MR) is 100 cm³/mol. The second-order valence-corrected chi connectivity index (χ2v) is 7.46. The van der Waals surface area contributed by atoms with Gasteiger partial charge in [0.15, 0.2) is 24.6 Å². The SMILES string of the molecule is CC(=O)OC[C@H]1O[C@@H](OC[C@@H]2CCCC2=O)[C@H](OC(C)=O)[C@@H](OC(C)=O)[C@@H]1OC(C)=O. The van der Waals surface area contributed by atoms with Gasteiger partial charge in [-0.05, 0) is 12.8 Å². The maximum atomic E-state index is 11.9. The highest BCUT2D eigenvalue weighted by Gasteiger charge is 2.53. The Morgan fingerprint density at radius 1 is 0.839 bits per heavy atom. The lowest BCUT2D eigenvalue weighted by atomic mass is 9.98. The number of carbonyl (C=O) groups is 5. The minimum absolute atomic E-state index is 0.00652. The Labute approximate surface area is 179 Å². The van der Waals surface area contributed by atoms with E-state index in [4.69, 9.17) is 28.4 Å². The molecule has 1 saturated heterocycles. The lowest BCUT2D eigenvalue weighted by Crippen LogP contribution is -2.63. The first kappa shape index (κ1) is 24.7. The third-order valence-electron chi connectivity index (χ3n) is 4.84. The molecule has 31 heavy (non-hydrogen) atoms. The monoisotopic (exact) mass is 444 g/mol. The van der Waals surface area contributed by atoms with Crippen molar-refractivity contribution in [3.63, 3.8) is 0 Å². The molecule has 1 saturated carbocycles. The number of carbonyl (C=O) groups excluding carboxylic acids is 5. The molecule has 0 unspecified atom stereocenters. The van der Waals surface area contributed by atoms with Gasteiger partial charge in [0.1, 0.15) is 18.5 Å². The van der Waals surface area contributed by atoms with Gasteiger partial charge in [0.05, 0.1) is 6.61 Å². The Kier molecular flexibility index (Phi) is 8.93. The molecule has 0 radical (unpaired) electrons. The first-order chi connectivity index (χ1) is 14.6. The summed E-state index contributed by atoms with van der Waals surface area (Å²) in [5.74, 6) is -3.02. The second kappa shape index (κ2) is 11.2. The second-order valence-electron chi connectivity index (χ2n) is 7.46. The molecule has 0 spiro atoms. The normalized spacial score (nSPS) is 30.4. The van der Waals surface area contributed by atoms with Gasteiger partial charge in [-0.2, -0.15) is 0 Å². The number of hydrogen-bond donors (Lipinski definition) is 0. The van der Waals surface area contributed by atoms with Crippen LogP contribution in [0, 0.1) is 5.92 Å². The summed E-state index contributed by atoms with van der Waals surface area (Å²) in [6, 6.07) is 0. The van der Waals surface area contributed by atoms with E-state index in [0.29, 0.717) is 12.8 Å². The van der Waals surface area contributed by atoms with Crippen LogP contribution in [0.4, 0.5) is 0 Å². The van der Waals surface area contributed by atoms with Gasteiger partial charge in [-0.3, -0.25) is 24.0 Å². The van der Waals surface area contributed by atoms with Crippen LogP contribution >= 0.6 is 0 Å². The van der Waals surface area contributed by atoms with Gasteiger partial charge >= 0.3 is 23.9 Å². The van der Waals surface area contributed by atoms with Gasteiger partial charge in [-0.15, -0.1) is 0 Å². The molecule has 2 rings (SSSR count). The number of Topliss-reactive ketones (excluding diaryl/α,β-unsaturated/α-hetero) is 1. The Balaban J connectivity index is 2.31. The average molecular weight is 444 g/mol. The van der Waals surface area contributed by atoms with Gasteiger partial charge in [0.2, 0.25) is 0 Å². The quantitative estimate of drug-likeness (QED) is 0.381. The van der Waals surface area contributed by atoms with Gasteiger partial charge in [0, 0.05) is 40.0 Å². The molecular weight excluding hydrogens is 416 g/mol. The van der Waals surface area contributed by atoms with Crippen molar-refractivity contribution < 1.29 is 52.4 Å². The van der Waals surface area contributed by atoms with E-state index >= 15 is 0 Å². The molecule has 0 bridgehead atoms. The summed E-state index contributed by atoms with van der Waals surface area (Å²) >= 11 is 0. The maximum absolute atomic E-state index is 11.9. The van der Waals surface area contributed by atoms with Gasteiger partial charge in [-0.1, -0.05) is 0 Å². The zero-order chi connectivity index (χ0) is 23.1. The van der Waals surface area contributed by atoms with Crippen LogP contribution in [-0.4, -0.2) is 73.6 Å². The molecule has 0 aromatic carbocycles. The molecule has 0 aromatic rings. The van der Waals surface area contributed by atoms with Crippen molar-refractivity contribution in [3.8, 4) is 0 Å². The molecule has 2 fully saturated rings. The van der Waals surface area contributed by atoms with Crippen molar-refractivity contribution in [1.29, 1.82) is 0 Å². The standard InChI is InChI=1S/C20H28O11/c1-10(21)26-9-16-17(28-11(2)22)18(29-12(3)23)19(30-13(4)24)20(31-16)27-8-14-6-5-7-15(14)25/h14,16-20H,5-9H2,1-4H3/t14-,16+,17+,18-,19+,20+/m0/s1. The minimum Gasteiger partial charge on any atom is -0.463 e. The summed E-state index contributed by atoms with van der Waals surface area (Å²) in [6.07, 6.45) is -4.26. The van der Waals surface area contributed by atoms with Crippen LogP contribution in [0.5, 0.6) is 0 Å². The Hall–Kier alpha value is -2.53. The van der Waals surface area contributed by atoms with Crippen LogP contribution < -0.4 is 0 Å². The topological polar surface area (TPSA) is 141 Å². The zero-order valence-electron chi connectivity index (χ0n) is 18.0. The van der Waals surface area contributed by atoms with Crippen LogP contribution in [0.1, 0.15) is 47.0 Å². The van der Waals surface area contributed by atoms with E-state index in [1.54, 1.807) is 0 Å². The highest BCUT2D eigenvalue weighted by molar-refractivity contribution is 5.82. The smallest absolute Gasteiger partial charge is 0.303 e. The van der Waals surface area contributed by atoms with Crippen molar-refractivity contribution in [1.82, 2.24) is 0 Å². The molecular formula is C20H28O11. The number of ketones is 1. The van der Waals surface area contributed by atoms with Crippen LogP contribution in [0.3, 0.4) is 0 Å². The highest BCUT2D eigenvalue weighted by atomic mass is 16.7. The van der Waals surface area contributed by atoms with Gasteiger partial charge in [-0.25, -0.2) is 0 Å². The van der Waals surface area contributed by atoms with E-state index in [9.17, 15) is 24.0 Å². The number of esters is 4. The van der Waals surface area contributed by atoms with Gasteiger partial charge < -0.3 is 28.4 Å². The zero-order valence-corrected chi connectivity index (χ0v) is 18.0. The summed E-state index contributed by atoms with van der Waals surface area (Å²) in [6.45, 7) is 4.29. The Morgan fingerprint density at radius 3 is 1.94 bits per heavy atom. The molecule has 1 heterocycles. The van der Waals surface area contributed by atoms with Gasteiger partial charge in [0.25, 0.3) is 0 Å². The molecule has 1 aliphatic carbocycles. The molecule has 0 aromatic heterocycles. The fraction of sp³-hybridized carbons (Fsp3) is 0.750. The number of hydrogen-bond acceptors (Lipinski definition) is 11. The predicted octanol–water partition coefficient (Wildman–Crippen LogP) is 0.455. The average Bonchev–Trinajstić information content (AvgIpc) is 3.06. The third kappa shape index (κ3) is 7.28. The lowest BCUT2D eigenvalue weighted by molar-refractivity contribution is -0.309. The van der Waals surface area contributed by atoms with Crippen LogP contribution in [0.2, 0.25) is 0 Å². The summed E-state index contributed by atoms with van der Waals surface area (Å²) in [5, 5.41) is 0. The molecule has 0 N–H and O–H groups in total. The molecule has 0 amide bonds. The number of rotatable bonds is 8. The summed E-state index contributed by atoms with van der Waals surface area (Å²) in [7, 11) is 0. The van der Waals surface area contributed by atoms with Crippen LogP contribution in [-0.2, 0) is 52.4 Å². The van der Waals surface area contributed by atoms with Crippen molar-refractivity contribution in [3.05, 3.63) is 0 Å². The molecule has 174 valence electrons. The van der Waals surface area contributed by atoms with Crippen LogP contribution in [0.25, 0.3) is 0 Å². The molecule has 1 aliphatic heterocycles. The lowest BCUT2D eigenvalue weighted by Gasteiger charge is -2.44. The fourth-order valence-electron chi connectivity index (χ4n) is 3.60. The van der Waals surface area contributed by atoms with Crippen molar-refractivity contribution >= 4 is 29.7 Å². The fourth-order valence-corrected chi connectivity index (χ4v) is 3.60. The number of ether oxygens (including phenoxy) is 6. The largest absolute Gasteiger partial charge is 0.463 e. The van der Waals surface area contributed by atoms with Crippen molar-refractivity contribution in [2.75, 3.05) is 13.2 Å². The molecule has 6 atom stereocenters. The first-order valence-corrected chi connectivity index (χ1v) is 10.0. The molecule has 11 heteroatoms. The summed E-state index contributed by atoms with van der Waals surface area (Å²) < 4.78 is 32.5. The van der Waals surface area contributed by atoms with E-state index < -0.39 is 54.6 Å². The molecule has 2 aliphatic rings. The van der Waals surface area contributed by atoms with Crippen molar-refractivity contribution in [2.45, 2.75) is 77.7 Å². The van der Waals surface area contributed by atoms with Crippen LogP contribution in [0.15, 0.2) is 0 Å². The van der Waals surface area contributed by atoms with Crippen molar-refractivity contribution in [2.24, 2.45) is 5.92 Å². The third-order valence-corrected chi connectivity index (χ3v) is 4.84. The Bertz CT molecular complexity index is 703. The van der Waals surface area contributed by atoms with E-state index in [0.717, 1.165) is 27.2 Å². The maximum Gasteiger partial charge on any atom is 0.303 e. The van der Waals surface area contributed by atoms with E-state index in [1.807, 2.05) is 0 Å². The minimum atomic E-state index is -1.29. The van der Waals surface area contributed by atoms with E-state index in [2.05, 4.69) is 0 Å². The molecule has 11 nitrogen and oxygen atoms in total. The van der Waals surface area contributed by atoms with E-state index in [-0.39, 0.29) is 24.9 Å². The summed E-state index contributed by atoms with van der Waals surface area (Å²) in [5.41, 5.74) is 0. The summed E-state index contributed by atoms with van der Waals surface area (Å²) in [4.78, 5) is 58.4. The Morgan fingerprint density at radius 2 is 1.42 bits per heavy atom.